The summed E-state index contributed by atoms with van der Waals surface area (Å²) < 4.78 is 2.46. The van der Waals surface area contributed by atoms with E-state index in [0.29, 0.717) is 21.4 Å². The van der Waals surface area contributed by atoms with Gasteiger partial charge in [0.1, 0.15) is 11.3 Å². The molecule has 4 aromatic rings. The number of aromatic nitrogens is 5. The molecule has 0 saturated heterocycles. The molecule has 1 amide bonds. The van der Waals surface area contributed by atoms with Gasteiger partial charge in [0.05, 0.1) is 15.7 Å². The van der Waals surface area contributed by atoms with Crippen LogP contribution in [0.15, 0.2) is 57.2 Å². The van der Waals surface area contributed by atoms with Gasteiger partial charge in [-0.05, 0) is 43.2 Å². The summed E-state index contributed by atoms with van der Waals surface area (Å²) in [6.45, 7) is 0. The van der Waals surface area contributed by atoms with Gasteiger partial charge in [-0.15, -0.1) is 15.3 Å². The highest BCUT2D eigenvalue weighted by molar-refractivity contribution is 8.01. The third kappa shape index (κ3) is 4.45. The summed E-state index contributed by atoms with van der Waals surface area (Å²) in [5.41, 5.74) is 2.92. The molecular formula is C20H14Cl2N6OS2. The molecule has 0 radical (unpaired) electrons. The van der Waals surface area contributed by atoms with Gasteiger partial charge in [0.25, 0.3) is 5.91 Å². The summed E-state index contributed by atoms with van der Waals surface area (Å²) in [5, 5.41) is 16.1. The van der Waals surface area contributed by atoms with E-state index in [-0.39, 0.29) is 11.7 Å². The lowest BCUT2D eigenvalue weighted by molar-refractivity contribution is 0.101. The van der Waals surface area contributed by atoms with Crippen LogP contribution in [0.4, 0.5) is 5.69 Å². The molecule has 1 N–H and O–H groups in total. The fraction of sp³-hybridized carbons (Fsp3) is 0.150. The van der Waals surface area contributed by atoms with E-state index in [0.717, 1.165) is 27.9 Å². The summed E-state index contributed by atoms with van der Waals surface area (Å²) in [4.78, 5) is 18.2. The Hall–Kier alpha value is -2.46. The fourth-order valence-corrected chi connectivity index (χ4v) is 4.93. The third-order valence-corrected chi connectivity index (χ3v) is 7.18. The van der Waals surface area contributed by atoms with Crippen LogP contribution < -0.4 is 5.32 Å². The van der Waals surface area contributed by atoms with E-state index < -0.39 is 5.91 Å². The Labute approximate surface area is 195 Å². The van der Waals surface area contributed by atoms with Gasteiger partial charge in [0.2, 0.25) is 5.82 Å². The summed E-state index contributed by atoms with van der Waals surface area (Å²) in [6.07, 6.45) is 2.04. The second-order valence-electron chi connectivity index (χ2n) is 6.84. The molecule has 2 aromatic heterocycles. The molecule has 2 heterocycles. The van der Waals surface area contributed by atoms with Crippen molar-refractivity contribution < 1.29 is 4.79 Å². The van der Waals surface area contributed by atoms with E-state index in [2.05, 4.69) is 25.6 Å². The molecule has 1 saturated carbocycles. The number of benzene rings is 2. The maximum Gasteiger partial charge on any atom is 0.295 e. The summed E-state index contributed by atoms with van der Waals surface area (Å²) in [5.74, 6) is 0.718. The number of para-hydroxylation sites is 1. The van der Waals surface area contributed by atoms with Crippen molar-refractivity contribution in [3.8, 4) is 5.69 Å². The Bertz CT molecular complexity index is 1260. The van der Waals surface area contributed by atoms with Crippen molar-refractivity contribution in [1.29, 1.82) is 0 Å². The number of rotatable bonds is 6. The first-order chi connectivity index (χ1) is 15.1. The van der Waals surface area contributed by atoms with Crippen LogP contribution in [0.2, 0.25) is 10.0 Å². The topological polar surface area (TPSA) is 85.6 Å². The minimum absolute atomic E-state index is 0.0882. The molecule has 156 valence electrons. The smallest absolute Gasteiger partial charge is 0.295 e. The second kappa shape index (κ2) is 8.58. The number of carbonyl (C=O) groups is 1. The van der Waals surface area contributed by atoms with E-state index in [1.54, 1.807) is 28.4 Å². The highest BCUT2D eigenvalue weighted by Crippen LogP contribution is 2.40. The first kappa shape index (κ1) is 20.4. The second-order valence-corrected chi connectivity index (χ2v) is 9.77. The minimum Gasteiger partial charge on any atom is -0.319 e. The standard InChI is InChI=1S/C20H14Cl2N6OS2/c21-13-3-1-2-4-15(13)28-18(11-5-6-11)25-17(27-28)19(29)24-12-7-8-16(14(22)9-12)31-20-26-23-10-30-20/h1-4,7-11H,5-6H2,(H,24,29). The molecule has 1 fully saturated rings. The van der Waals surface area contributed by atoms with Gasteiger partial charge >= 0.3 is 0 Å². The maximum atomic E-state index is 12.8. The van der Waals surface area contributed by atoms with Gasteiger partial charge in [0.15, 0.2) is 4.34 Å². The predicted octanol–water partition coefficient (Wildman–Crippen LogP) is 5.71. The number of nitrogens with one attached hydrogen (secondary N) is 1. The summed E-state index contributed by atoms with van der Waals surface area (Å²) >= 11 is 15.6. The van der Waals surface area contributed by atoms with Crippen LogP contribution in [0.3, 0.4) is 0 Å². The van der Waals surface area contributed by atoms with Crippen LogP contribution >= 0.6 is 46.3 Å². The Morgan fingerprint density at radius 2 is 2.00 bits per heavy atom. The van der Waals surface area contributed by atoms with Crippen molar-refractivity contribution in [3.63, 3.8) is 0 Å². The molecule has 2 aromatic carbocycles. The molecule has 0 atom stereocenters. The lowest BCUT2D eigenvalue weighted by Crippen LogP contribution is -2.14. The largest absolute Gasteiger partial charge is 0.319 e. The molecule has 0 spiro atoms. The van der Waals surface area contributed by atoms with Crippen LogP contribution in [0.1, 0.15) is 35.2 Å². The number of amides is 1. The Balaban J connectivity index is 1.38. The predicted molar refractivity (Wildman–Crippen MR) is 122 cm³/mol. The number of halogens is 2. The monoisotopic (exact) mass is 488 g/mol. The normalized spacial score (nSPS) is 13.4. The molecule has 5 rings (SSSR count). The Morgan fingerprint density at radius 3 is 2.71 bits per heavy atom. The number of hydrogen-bond donors (Lipinski definition) is 1. The van der Waals surface area contributed by atoms with Gasteiger partial charge in [-0.1, -0.05) is 58.4 Å². The molecule has 1 aliphatic rings. The average molecular weight is 489 g/mol. The van der Waals surface area contributed by atoms with Crippen LogP contribution in [0.5, 0.6) is 0 Å². The van der Waals surface area contributed by atoms with Gasteiger partial charge in [-0.3, -0.25) is 4.79 Å². The Morgan fingerprint density at radius 1 is 1.16 bits per heavy atom. The van der Waals surface area contributed by atoms with Crippen molar-refractivity contribution in [3.05, 3.63) is 69.7 Å². The summed E-state index contributed by atoms with van der Waals surface area (Å²) in [6, 6.07) is 12.7. The van der Waals surface area contributed by atoms with E-state index in [1.807, 2.05) is 24.3 Å². The third-order valence-electron chi connectivity index (χ3n) is 4.59. The molecule has 31 heavy (non-hydrogen) atoms. The van der Waals surface area contributed by atoms with Gasteiger partial charge < -0.3 is 5.32 Å². The van der Waals surface area contributed by atoms with Crippen molar-refractivity contribution >= 4 is 57.9 Å². The first-order valence-electron chi connectivity index (χ1n) is 9.35. The number of carbonyl (C=O) groups excluding carboxylic acids is 1. The molecule has 0 aliphatic heterocycles. The SMILES string of the molecule is O=C(Nc1ccc(Sc2nncs2)c(Cl)c1)c1nc(C2CC2)n(-c2ccccc2Cl)n1. The van der Waals surface area contributed by atoms with Gasteiger partial charge in [0, 0.05) is 16.5 Å². The van der Waals surface area contributed by atoms with Gasteiger partial charge in [-0.2, -0.15) is 0 Å². The van der Waals surface area contributed by atoms with Crippen LogP contribution in [-0.4, -0.2) is 30.9 Å². The Kier molecular flexibility index (Phi) is 5.66. The zero-order valence-electron chi connectivity index (χ0n) is 15.8. The first-order valence-corrected chi connectivity index (χ1v) is 11.8. The average Bonchev–Trinajstić information content (AvgIpc) is 3.29. The van der Waals surface area contributed by atoms with Crippen LogP contribution in [0, 0.1) is 0 Å². The number of hydrogen-bond acceptors (Lipinski definition) is 7. The fourth-order valence-electron chi connectivity index (χ4n) is 2.98. The quantitative estimate of drug-likeness (QED) is 0.374. The number of anilines is 1. The van der Waals surface area contributed by atoms with Crippen LogP contribution in [-0.2, 0) is 0 Å². The highest BCUT2D eigenvalue weighted by Gasteiger charge is 2.32. The molecule has 1 aliphatic carbocycles. The number of nitrogens with zero attached hydrogens (tertiary/aromatic N) is 5. The van der Waals surface area contributed by atoms with Gasteiger partial charge in [-0.25, -0.2) is 9.67 Å². The summed E-state index contributed by atoms with van der Waals surface area (Å²) in [7, 11) is 0. The van der Waals surface area contributed by atoms with Crippen LogP contribution in [0.25, 0.3) is 5.69 Å². The zero-order valence-corrected chi connectivity index (χ0v) is 19.0. The minimum atomic E-state index is -0.409. The van der Waals surface area contributed by atoms with E-state index in [4.69, 9.17) is 23.2 Å². The molecule has 0 bridgehead atoms. The lowest BCUT2D eigenvalue weighted by Gasteiger charge is -2.07. The van der Waals surface area contributed by atoms with Crippen molar-refractivity contribution in [2.75, 3.05) is 5.32 Å². The highest BCUT2D eigenvalue weighted by atomic mass is 35.5. The van der Waals surface area contributed by atoms with Crippen molar-refractivity contribution in [2.24, 2.45) is 0 Å². The zero-order chi connectivity index (χ0) is 21.4. The van der Waals surface area contributed by atoms with E-state index >= 15 is 0 Å². The lowest BCUT2D eigenvalue weighted by atomic mass is 10.3. The molecule has 11 heteroatoms. The molecule has 0 unspecified atom stereocenters. The molecule has 7 nitrogen and oxygen atoms in total. The van der Waals surface area contributed by atoms with E-state index in [1.165, 1.54) is 23.1 Å². The van der Waals surface area contributed by atoms with E-state index in [9.17, 15) is 4.79 Å². The molecular weight excluding hydrogens is 475 g/mol. The van der Waals surface area contributed by atoms with Crippen molar-refractivity contribution in [1.82, 2.24) is 25.0 Å². The van der Waals surface area contributed by atoms with Crippen molar-refractivity contribution in [2.45, 2.75) is 28.0 Å². The maximum absolute atomic E-state index is 12.8.